The number of carboxylic acids is 1. The van der Waals surface area contributed by atoms with Gasteiger partial charge < -0.3 is 25.4 Å². The van der Waals surface area contributed by atoms with Crippen LogP contribution < -0.4 is 5.32 Å². The Kier molecular flexibility index (Phi) is 11.7. The SMILES string of the molecule is CC(C)C1=C2[C@H]3CC[C@@H]4[C@@]5(C)CC[C@H](OC(=O)[C@H]6C[C@@H](C(=O)O)C6(C)C)C(C)(C)[C@@H]5CC[C@@]4(C)[C@]3(C)CC[C@@]2([C@@H](O)CNCc2ccc(CN3CCC(O)CC3)cc2)CC1=O. The van der Waals surface area contributed by atoms with Gasteiger partial charge in [0.05, 0.1) is 24.0 Å². The summed E-state index contributed by atoms with van der Waals surface area (Å²) in [6.07, 6.45) is 9.39. The average molecular weight is 843 g/mol. The maximum absolute atomic E-state index is 14.2. The molecule has 0 amide bonds. The minimum atomic E-state index is -0.829. The van der Waals surface area contributed by atoms with E-state index in [1.165, 1.54) is 16.7 Å². The van der Waals surface area contributed by atoms with Crippen molar-refractivity contribution in [2.24, 2.45) is 68.0 Å². The number of piperidine rings is 1. The lowest BCUT2D eigenvalue weighted by Gasteiger charge is -2.72. The summed E-state index contributed by atoms with van der Waals surface area (Å²) in [7, 11) is 0. The van der Waals surface area contributed by atoms with E-state index in [9.17, 15) is 29.7 Å². The Bertz CT molecular complexity index is 1900. The van der Waals surface area contributed by atoms with Crippen molar-refractivity contribution >= 4 is 17.7 Å². The van der Waals surface area contributed by atoms with E-state index in [1.807, 2.05) is 13.8 Å². The predicted molar refractivity (Wildman–Crippen MR) is 237 cm³/mol. The summed E-state index contributed by atoms with van der Waals surface area (Å²) < 4.78 is 6.44. The Morgan fingerprint density at radius 1 is 0.820 bits per heavy atom. The molecule has 8 rings (SSSR count). The number of benzene rings is 1. The Labute approximate surface area is 366 Å². The zero-order valence-corrected chi connectivity index (χ0v) is 38.9. The maximum Gasteiger partial charge on any atom is 0.309 e. The maximum atomic E-state index is 14.2. The molecule has 7 aliphatic rings. The minimum Gasteiger partial charge on any atom is -0.481 e. The van der Waals surface area contributed by atoms with E-state index in [-0.39, 0.29) is 63.4 Å². The van der Waals surface area contributed by atoms with Gasteiger partial charge in [-0.05, 0) is 133 Å². The van der Waals surface area contributed by atoms with Crippen LogP contribution in [0.4, 0.5) is 0 Å². The molecule has 0 bridgehead atoms. The third kappa shape index (κ3) is 7.11. The predicted octanol–water partition coefficient (Wildman–Crippen LogP) is 8.73. The number of hydrogen-bond acceptors (Lipinski definition) is 8. The molecule has 4 N–H and O–H groups in total. The van der Waals surface area contributed by atoms with Gasteiger partial charge in [0.15, 0.2) is 5.78 Å². The third-order valence-corrected chi connectivity index (χ3v) is 19.8. The number of fused-ring (bicyclic) bond motifs is 7. The van der Waals surface area contributed by atoms with E-state index >= 15 is 0 Å². The number of carbonyl (C=O) groups excluding carboxylic acids is 2. The number of Topliss-reactive ketones (excluding diaryl/α,β-unsaturated/α-hetero) is 1. The monoisotopic (exact) mass is 843 g/mol. The molecular formula is C52H78N2O7. The summed E-state index contributed by atoms with van der Waals surface area (Å²) in [5.74, 6) is -0.451. The quantitative estimate of drug-likeness (QED) is 0.161. The van der Waals surface area contributed by atoms with Gasteiger partial charge in [0.2, 0.25) is 0 Å². The van der Waals surface area contributed by atoms with Crippen molar-refractivity contribution in [1.29, 1.82) is 0 Å². The van der Waals surface area contributed by atoms with Gasteiger partial charge in [-0.15, -0.1) is 0 Å². The number of nitrogens with one attached hydrogen (secondary N) is 1. The summed E-state index contributed by atoms with van der Waals surface area (Å²) in [6.45, 7) is 24.3. The minimum absolute atomic E-state index is 0.0136. The molecule has 0 radical (unpaired) electrons. The smallest absolute Gasteiger partial charge is 0.309 e. The molecule has 11 atom stereocenters. The molecule has 338 valence electrons. The van der Waals surface area contributed by atoms with Crippen LogP contribution in [0.1, 0.15) is 150 Å². The molecule has 6 aliphatic carbocycles. The zero-order valence-electron chi connectivity index (χ0n) is 38.9. The van der Waals surface area contributed by atoms with Crippen LogP contribution in [-0.2, 0) is 32.2 Å². The molecule has 1 saturated heterocycles. The number of carbonyl (C=O) groups is 3. The standard InChI is InChI=1S/C52H78N2O7/c1-31(2)43-38(56)27-52(41(57)29-53-28-32-10-12-33(13-11-32)30-54-24-18-34(55)19-25-54)23-22-50(8)35(44(43)52)14-15-40-49(7)20-17-42(48(5,6)39(49)16-21-51(40,50)9)61-46(60)37-26-36(45(58)59)47(37,3)4/h10-13,31,34-37,39-42,53,55,57H,14-30H2,1-9H3,(H,58,59)/t35-,36+,37-,39+,40-,41+,42+,49+,50-,51-,52+/m1/s1. The van der Waals surface area contributed by atoms with Crippen molar-refractivity contribution in [2.45, 2.75) is 171 Å². The topological polar surface area (TPSA) is 136 Å². The first-order valence-electron chi connectivity index (χ1n) is 24.2. The fourth-order valence-electron chi connectivity index (χ4n) is 15.9. The van der Waals surface area contributed by atoms with Gasteiger partial charge in [-0.3, -0.25) is 19.3 Å². The van der Waals surface area contributed by atoms with Gasteiger partial charge in [-0.2, -0.15) is 0 Å². The van der Waals surface area contributed by atoms with Gasteiger partial charge in [0.1, 0.15) is 6.10 Å². The lowest BCUT2D eigenvalue weighted by molar-refractivity contribution is -0.238. The number of ketones is 1. The van der Waals surface area contributed by atoms with Gasteiger partial charge in [0, 0.05) is 50.0 Å². The van der Waals surface area contributed by atoms with Crippen molar-refractivity contribution in [3.8, 4) is 0 Å². The average Bonchev–Trinajstić information content (AvgIpc) is 3.50. The van der Waals surface area contributed by atoms with Gasteiger partial charge >= 0.3 is 11.9 Å². The molecule has 1 heterocycles. The van der Waals surface area contributed by atoms with Crippen molar-refractivity contribution < 1.29 is 34.4 Å². The number of rotatable bonds is 11. The molecule has 5 saturated carbocycles. The Hall–Kier alpha value is -2.59. The Morgan fingerprint density at radius 3 is 2.13 bits per heavy atom. The van der Waals surface area contributed by atoms with E-state index < -0.39 is 28.8 Å². The third-order valence-electron chi connectivity index (χ3n) is 19.8. The van der Waals surface area contributed by atoms with E-state index in [1.54, 1.807) is 0 Å². The van der Waals surface area contributed by atoms with Gasteiger partial charge in [0.25, 0.3) is 0 Å². The molecule has 61 heavy (non-hydrogen) atoms. The molecule has 0 spiro atoms. The van der Waals surface area contributed by atoms with E-state index in [0.29, 0.717) is 37.8 Å². The van der Waals surface area contributed by atoms with Crippen molar-refractivity contribution in [1.82, 2.24) is 10.2 Å². The van der Waals surface area contributed by atoms with Crippen LogP contribution in [-0.4, -0.2) is 75.9 Å². The number of allylic oxidation sites excluding steroid dienone is 1. The van der Waals surface area contributed by atoms with Crippen LogP contribution in [0.15, 0.2) is 35.4 Å². The normalized spacial score (nSPS) is 40.0. The summed E-state index contributed by atoms with van der Waals surface area (Å²) in [4.78, 5) is 42.1. The van der Waals surface area contributed by atoms with Crippen LogP contribution in [0.5, 0.6) is 0 Å². The van der Waals surface area contributed by atoms with Crippen molar-refractivity contribution in [2.75, 3.05) is 19.6 Å². The second-order valence-electron chi connectivity index (χ2n) is 23.6. The summed E-state index contributed by atoms with van der Waals surface area (Å²) in [5, 5.41) is 35.6. The number of nitrogens with zero attached hydrogens (tertiary/aromatic N) is 1. The van der Waals surface area contributed by atoms with E-state index in [0.717, 1.165) is 89.4 Å². The Morgan fingerprint density at radius 2 is 1.49 bits per heavy atom. The highest BCUT2D eigenvalue weighted by Crippen LogP contribution is 2.77. The lowest BCUT2D eigenvalue weighted by atomic mass is 9.33. The lowest BCUT2D eigenvalue weighted by Crippen LogP contribution is -2.66. The fourth-order valence-corrected chi connectivity index (χ4v) is 15.9. The van der Waals surface area contributed by atoms with E-state index in [4.69, 9.17) is 4.74 Å². The van der Waals surface area contributed by atoms with Crippen LogP contribution in [0.25, 0.3) is 0 Å². The Balaban J connectivity index is 0.969. The van der Waals surface area contributed by atoms with Crippen LogP contribution in [0, 0.1) is 68.0 Å². The second-order valence-corrected chi connectivity index (χ2v) is 23.6. The number of likely N-dealkylation sites (tertiary alicyclic amines) is 1. The highest BCUT2D eigenvalue weighted by Gasteiger charge is 2.71. The molecule has 0 aromatic heterocycles. The number of hydrogen-bond donors (Lipinski definition) is 4. The number of aliphatic hydroxyl groups is 2. The molecule has 1 aromatic rings. The molecule has 0 unspecified atom stereocenters. The molecule has 1 aliphatic heterocycles. The van der Waals surface area contributed by atoms with Crippen molar-refractivity contribution in [3.05, 3.63) is 46.5 Å². The molecule has 6 fully saturated rings. The second kappa shape index (κ2) is 15.8. The first kappa shape index (κ1) is 45.0. The first-order chi connectivity index (χ1) is 28.6. The summed E-state index contributed by atoms with van der Waals surface area (Å²) in [5.41, 5.74) is 3.52. The number of ether oxygens (including phenoxy) is 1. The van der Waals surface area contributed by atoms with Gasteiger partial charge in [-0.25, -0.2) is 0 Å². The van der Waals surface area contributed by atoms with Crippen LogP contribution in [0.2, 0.25) is 0 Å². The largest absolute Gasteiger partial charge is 0.481 e. The van der Waals surface area contributed by atoms with E-state index in [2.05, 4.69) is 82.9 Å². The number of esters is 1. The van der Waals surface area contributed by atoms with Gasteiger partial charge in [-0.1, -0.05) is 92.2 Å². The van der Waals surface area contributed by atoms with Crippen LogP contribution >= 0.6 is 0 Å². The molecule has 9 nitrogen and oxygen atoms in total. The number of aliphatic hydroxyl groups excluding tert-OH is 2. The molecule has 1 aromatic carbocycles. The molecular weight excluding hydrogens is 765 g/mol. The number of aliphatic carboxylic acids is 1. The highest BCUT2D eigenvalue weighted by atomic mass is 16.5. The molecule has 9 heteroatoms. The first-order valence-corrected chi connectivity index (χ1v) is 24.2. The van der Waals surface area contributed by atoms with Crippen molar-refractivity contribution in [3.63, 3.8) is 0 Å². The summed E-state index contributed by atoms with van der Waals surface area (Å²) >= 11 is 0. The zero-order chi connectivity index (χ0) is 44.1. The fraction of sp³-hybridized carbons (Fsp3) is 0.788. The van der Waals surface area contributed by atoms with Crippen LogP contribution in [0.3, 0.4) is 0 Å². The highest BCUT2D eigenvalue weighted by molar-refractivity contribution is 6.00. The number of carboxylic acid groups (broad SMARTS) is 1. The summed E-state index contributed by atoms with van der Waals surface area (Å²) in [6, 6.07) is 8.77.